The summed E-state index contributed by atoms with van der Waals surface area (Å²) in [5, 5.41) is 23.6. The van der Waals surface area contributed by atoms with E-state index >= 15 is 0 Å². The topological polar surface area (TPSA) is 175 Å². The van der Waals surface area contributed by atoms with E-state index in [4.69, 9.17) is 16.3 Å². The van der Waals surface area contributed by atoms with Crippen molar-refractivity contribution >= 4 is 45.9 Å². The SMILES string of the molecule is CC1(C)C(NC(=O)c2ccc(C#CCN3CCC4(CC3)CN(c3ccc5nnn(C6CCC(=O)NC6=O)c(=O)c5c3)C4)nc2)C(C)(C)C1Oc1ccc(C#N)c(Cl)c1. The Bertz CT molecular complexity index is 2470. The van der Waals surface area contributed by atoms with E-state index in [0.717, 1.165) is 49.4 Å². The monoisotopic (exact) mass is 801 g/mol. The molecule has 0 radical (unpaired) electrons. The summed E-state index contributed by atoms with van der Waals surface area (Å²) in [4.78, 5) is 59.8. The number of ether oxygens (including phenoxy) is 1. The molecule has 298 valence electrons. The first-order valence-corrected chi connectivity index (χ1v) is 19.9. The number of benzene rings is 2. The highest BCUT2D eigenvalue weighted by molar-refractivity contribution is 6.31. The normalized spacial score (nSPS) is 23.1. The van der Waals surface area contributed by atoms with Crippen molar-refractivity contribution in [3.63, 3.8) is 0 Å². The lowest BCUT2D eigenvalue weighted by Gasteiger charge is -2.63. The van der Waals surface area contributed by atoms with Gasteiger partial charge >= 0.3 is 0 Å². The molecular weight excluding hydrogens is 758 g/mol. The summed E-state index contributed by atoms with van der Waals surface area (Å²) in [6, 6.07) is 15.2. The van der Waals surface area contributed by atoms with Gasteiger partial charge in [-0.15, -0.1) is 5.10 Å². The van der Waals surface area contributed by atoms with Crippen LogP contribution >= 0.6 is 11.6 Å². The van der Waals surface area contributed by atoms with Crippen LogP contribution in [0.15, 0.2) is 59.5 Å². The second-order valence-electron chi connectivity index (χ2n) is 17.2. The third kappa shape index (κ3) is 7.16. The van der Waals surface area contributed by atoms with Crippen LogP contribution in [-0.4, -0.2) is 87.5 Å². The average Bonchev–Trinajstić information content (AvgIpc) is 3.19. The van der Waals surface area contributed by atoms with Crippen LogP contribution in [0.4, 0.5) is 5.69 Å². The number of halogens is 1. The maximum atomic E-state index is 13.4. The molecule has 1 unspecified atom stereocenters. The van der Waals surface area contributed by atoms with Crippen molar-refractivity contribution in [3.8, 4) is 23.7 Å². The van der Waals surface area contributed by atoms with Gasteiger partial charge in [-0.25, -0.2) is 4.98 Å². The smallest absolute Gasteiger partial charge is 0.278 e. The van der Waals surface area contributed by atoms with Gasteiger partial charge in [0.2, 0.25) is 5.91 Å². The van der Waals surface area contributed by atoms with Crippen LogP contribution in [0.25, 0.3) is 10.9 Å². The number of anilines is 1. The van der Waals surface area contributed by atoms with Crippen LogP contribution in [0, 0.1) is 39.4 Å². The Morgan fingerprint density at radius 3 is 2.47 bits per heavy atom. The molecule has 4 aromatic rings. The number of fused-ring (bicyclic) bond motifs is 1. The third-order valence-corrected chi connectivity index (χ3v) is 12.8. The van der Waals surface area contributed by atoms with Gasteiger partial charge in [0.15, 0.2) is 0 Å². The van der Waals surface area contributed by atoms with Crippen molar-refractivity contribution in [2.24, 2.45) is 16.2 Å². The van der Waals surface area contributed by atoms with Crippen molar-refractivity contribution in [1.29, 1.82) is 5.26 Å². The first-order valence-electron chi connectivity index (χ1n) is 19.5. The highest BCUT2D eigenvalue weighted by Crippen LogP contribution is 2.55. The summed E-state index contributed by atoms with van der Waals surface area (Å²) in [5.41, 5.74) is 1.89. The lowest BCUT2D eigenvalue weighted by molar-refractivity contribution is -0.164. The van der Waals surface area contributed by atoms with Gasteiger partial charge in [0.1, 0.15) is 35.2 Å². The van der Waals surface area contributed by atoms with Crippen molar-refractivity contribution in [2.45, 2.75) is 71.6 Å². The van der Waals surface area contributed by atoms with Crippen molar-refractivity contribution in [1.82, 2.24) is 35.5 Å². The van der Waals surface area contributed by atoms with Crippen LogP contribution < -0.4 is 25.8 Å². The van der Waals surface area contributed by atoms with Crippen molar-refractivity contribution in [3.05, 3.63) is 86.9 Å². The first-order chi connectivity index (χ1) is 27.7. The molecule has 2 aromatic carbocycles. The van der Waals surface area contributed by atoms with E-state index in [0.29, 0.717) is 45.0 Å². The van der Waals surface area contributed by atoms with E-state index in [9.17, 15) is 24.4 Å². The number of carbonyl (C=O) groups is 3. The molecule has 4 aliphatic rings. The molecule has 3 amide bonds. The average molecular weight is 802 g/mol. The minimum absolute atomic E-state index is 0.147. The highest BCUT2D eigenvalue weighted by Gasteiger charge is 2.64. The van der Waals surface area contributed by atoms with Gasteiger partial charge in [-0.05, 0) is 80.7 Å². The Balaban J connectivity index is 0.811. The maximum Gasteiger partial charge on any atom is 0.278 e. The first kappa shape index (κ1) is 39.0. The number of hydrogen-bond acceptors (Lipinski definition) is 11. The van der Waals surface area contributed by atoms with Crippen molar-refractivity contribution < 1.29 is 19.1 Å². The molecule has 1 saturated carbocycles. The second kappa shape index (κ2) is 14.8. The number of nitrogens with one attached hydrogen (secondary N) is 2. The molecule has 1 atom stereocenters. The van der Waals surface area contributed by atoms with E-state index in [1.165, 1.54) is 0 Å². The molecule has 5 heterocycles. The molecule has 8 rings (SSSR count). The predicted octanol–water partition coefficient (Wildman–Crippen LogP) is 4.26. The summed E-state index contributed by atoms with van der Waals surface area (Å²) in [6.45, 7) is 12.5. The van der Waals surface area contributed by atoms with Crippen molar-refractivity contribution in [2.75, 3.05) is 37.6 Å². The van der Waals surface area contributed by atoms with E-state index in [-0.39, 0.29) is 53.0 Å². The lowest BCUT2D eigenvalue weighted by Crippen LogP contribution is -2.74. The Morgan fingerprint density at radius 1 is 1.03 bits per heavy atom. The Labute approximate surface area is 340 Å². The summed E-state index contributed by atoms with van der Waals surface area (Å²) in [5.74, 6) is 5.89. The second-order valence-corrected chi connectivity index (χ2v) is 17.6. The van der Waals surface area contributed by atoms with Gasteiger partial charge in [-0.1, -0.05) is 50.4 Å². The molecule has 58 heavy (non-hydrogen) atoms. The summed E-state index contributed by atoms with van der Waals surface area (Å²) < 4.78 is 7.44. The van der Waals surface area contributed by atoms with Crippen LogP contribution in [0.2, 0.25) is 5.02 Å². The highest BCUT2D eigenvalue weighted by atomic mass is 35.5. The fourth-order valence-electron chi connectivity index (χ4n) is 9.46. The van der Waals surface area contributed by atoms with E-state index in [2.05, 4.69) is 81.3 Å². The minimum atomic E-state index is -0.859. The Hall–Kier alpha value is -5.83. The van der Waals surface area contributed by atoms with E-state index < -0.39 is 17.5 Å². The van der Waals surface area contributed by atoms with Gasteiger partial charge < -0.3 is 15.0 Å². The number of likely N-dealkylation sites (tertiary alicyclic amines) is 1. The van der Waals surface area contributed by atoms with Crippen LogP contribution in [-0.2, 0) is 9.59 Å². The summed E-state index contributed by atoms with van der Waals surface area (Å²) >= 11 is 6.23. The standard InChI is InChI=1S/C43H44ClN9O5/c1-41(2)39(42(3,4)40(41)58-30-11-8-26(22-45)32(44)21-30)48-36(55)27-7-9-28(46-23-27)6-5-17-51-18-15-43(16-19-51)24-52(25-43)29-10-12-33-31(20-29)38(57)53(50-49-33)34-13-14-35(54)47-37(34)56/h7-12,20-21,23,34,39-40H,13-19,24-25H2,1-4H3,(H,48,55)(H,47,54,56). The zero-order chi connectivity index (χ0) is 41.0. The molecule has 1 spiro atoms. The van der Waals surface area contributed by atoms with E-state index in [1.54, 1.807) is 42.6 Å². The number of nitriles is 1. The number of rotatable bonds is 7. The third-order valence-electron chi connectivity index (χ3n) is 12.5. The molecule has 1 aliphatic carbocycles. The maximum absolute atomic E-state index is 13.4. The number of imide groups is 1. The van der Waals surface area contributed by atoms with Gasteiger partial charge in [-0.3, -0.25) is 29.4 Å². The minimum Gasteiger partial charge on any atom is -0.489 e. The molecule has 3 aliphatic heterocycles. The van der Waals surface area contributed by atoms with Gasteiger partial charge in [-0.2, -0.15) is 9.94 Å². The lowest BCUT2D eigenvalue weighted by atomic mass is 9.49. The number of carbonyl (C=O) groups excluding carboxylic acids is 3. The fourth-order valence-corrected chi connectivity index (χ4v) is 9.67. The van der Waals surface area contributed by atoms with Gasteiger partial charge in [0.05, 0.1) is 28.1 Å². The summed E-state index contributed by atoms with van der Waals surface area (Å²) in [6.07, 6.45) is 3.80. The molecule has 0 bridgehead atoms. The number of pyridine rings is 1. The molecule has 15 heteroatoms. The molecule has 2 N–H and O–H groups in total. The van der Waals surface area contributed by atoms with E-state index in [1.807, 2.05) is 12.1 Å². The molecule has 3 saturated heterocycles. The fraction of sp³-hybridized carbons (Fsp3) is 0.442. The molecular formula is C43H44ClN9O5. The van der Waals surface area contributed by atoms with Crippen LogP contribution in [0.5, 0.6) is 5.75 Å². The number of piperidine rings is 2. The molecule has 2 aromatic heterocycles. The van der Waals surface area contributed by atoms with Gasteiger partial charge in [0.25, 0.3) is 17.4 Å². The largest absolute Gasteiger partial charge is 0.489 e. The quantitative estimate of drug-likeness (QED) is 0.202. The molecule has 14 nitrogen and oxygen atoms in total. The summed E-state index contributed by atoms with van der Waals surface area (Å²) in [7, 11) is 0. The Morgan fingerprint density at radius 2 is 1.79 bits per heavy atom. The van der Waals surface area contributed by atoms with Crippen LogP contribution in [0.3, 0.4) is 0 Å². The number of aromatic nitrogens is 4. The number of nitrogens with zero attached hydrogens (tertiary/aromatic N) is 7. The zero-order valence-corrected chi connectivity index (χ0v) is 33.6. The van der Waals surface area contributed by atoms with Crippen LogP contribution in [0.1, 0.15) is 81.0 Å². The zero-order valence-electron chi connectivity index (χ0n) is 32.8. The number of hydrogen-bond donors (Lipinski definition) is 2. The Kier molecular flexibility index (Phi) is 9.98. The van der Waals surface area contributed by atoms with Gasteiger partial charge in [0, 0.05) is 59.7 Å². The molecule has 4 fully saturated rings. The predicted molar refractivity (Wildman–Crippen MR) is 216 cm³/mol. The number of amides is 3.